The van der Waals surface area contributed by atoms with Gasteiger partial charge < -0.3 is 15.2 Å². The van der Waals surface area contributed by atoms with E-state index in [1.807, 2.05) is 19.1 Å². The fraction of sp³-hybridized carbons (Fsp3) is 0.500. The van der Waals surface area contributed by atoms with Gasteiger partial charge in [0, 0.05) is 22.5 Å². The fourth-order valence-corrected chi connectivity index (χ4v) is 2.16. The van der Waals surface area contributed by atoms with Crippen molar-refractivity contribution in [2.45, 2.75) is 32.7 Å². The van der Waals surface area contributed by atoms with Crippen molar-refractivity contribution in [2.24, 2.45) is 5.73 Å². The molecule has 0 bridgehead atoms. The van der Waals surface area contributed by atoms with Crippen LogP contribution in [0.1, 0.15) is 36.9 Å². The second kappa shape index (κ2) is 7.50. The van der Waals surface area contributed by atoms with Gasteiger partial charge in [-0.25, -0.2) is 0 Å². The van der Waals surface area contributed by atoms with Crippen LogP contribution in [0.3, 0.4) is 0 Å². The molecular formula is C14H20BrNO3. The lowest BCUT2D eigenvalue weighted by atomic mass is 10.0. The maximum Gasteiger partial charge on any atom is 0.305 e. The molecule has 1 aromatic carbocycles. The van der Waals surface area contributed by atoms with Crippen LogP contribution in [-0.4, -0.2) is 19.7 Å². The van der Waals surface area contributed by atoms with Crippen LogP contribution in [0.2, 0.25) is 0 Å². The monoisotopic (exact) mass is 329 g/mol. The number of hydrogen-bond donors (Lipinski definition) is 1. The number of ether oxygens (including phenoxy) is 2. The SMILES string of the molecule is CCOC(=O)CCC(N)c1cc(Br)c(C)cc1OC. The molecular weight excluding hydrogens is 310 g/mol. The molecule has 1 rings (SSSR count). The minimum absolute atomic E-state index is 0.219. The highest BCUT2D eigenvalue weighted by Crippen LogP contribution is 2.32. The zero-order chi connectivity index (χ0) is 14.4. The summed E-state index contributed by atoms with van der Waals surface area (Å²) in [6.45, 7) is 4.17. The Hall–Kier alpha value is -1.07. The summed E-state index contributed by atoms with van der Waals surface area (Å²) in [7, 11) is 1.62. The molecule has 106 valence electrons. The third-order valence-electron chi connectivity index (χ3n) is 2.88. The number of carbonyl (C=O) groups excluding carboxylic acids is 1. The molecule has 4 nitrogen and oxygen atoms in total. The average Bonchev–Trinajstić information content (AvgIpc) is 2.39. The maximum absolute atomic E-state index is 11.3. The van der Waals surface area contributed by atoms with Crippen LogP contribution < -0.4 is 10.5 Å². The molecule has 0 saturated heterocycles. The maximum atomic E-state index is 11.3. The number of carbonyl (C=O) groups is 1. The third-order valence-corrected chi connectivity index (χ3v) is 3.73. The first-order chi connectivity index (χ1) is 8.99. The molecule has 19 heavy (non-hydrogen) atoms. The van der Waals surface area contributed by atoms with Crippen molar-refractivity contribution >= 4 is 21.9 Å². The van der Waals surface area contributed by atoms with E-state index >= 15 is 0 Å². The van der Waals surface area contributed by atoms with Crippen molar-refractivity contribution in [1.82, 2.24) is 0 Å². The lowest BCUT2D eigenvalue weighted by molar-refractivity contribution is -0.143. The van der Waals surface area contributed by atoms with Crippen molar-refractivity contribution in [1.29, 1.82) is 0 Å². The largest absolute Gasteiger partial charge is 0.496 e. The molecule has 1 unspecified atom stereocenters. The molecule has 0 aliphatic rings. The number of nitrogens with two attached hydrogens (primary N) is 1. The highest BCUT2D eigenvalue weighted by molar-refractivity contribution is 9.10. The second-order valence-corrected chi connectivity index (χ2v) is 5.15. The van der Waals surface area contributed by atoms with Gasteiger partial charge in [-0.1, -0.05) is 15.9 Å². The Morgan fingerprint density at radius 3 is 2.74 bits per heavy atom. The molecule has 0 heterocycles. The van der Waals surface area contributed by atoms with Crippen molar-refractivity contribution in [3.63, 3.8) is 0 Å². The average molecular weight is 330 g/mol. The lowest BCUT2D eigenvalue weighted by Crippen LogP contribution is -2.15. The Morgan fingerprint density at radius 2 is 2.16 bits per heavy atom. The first kappa shape index (κ1) is 16.0. The zero-order valence-corrected chi connectivity index (χ0v) is 13.1. The molecule has 0 saturated carbocycles. The topological polar surface area (TPSA) is 61.5 Å². The summed E-state index contributed by atoms with van der Waals surface area (Å²) in [6, 6.07) is 3.63. The summed E-state index contributed by atoms with van der Waals surface area (Å²) in [4.78, 5) is 11.3. The van der Waals surface area contributed by atoms with E-state index in [9.17, 15) is 4.79 Å². The van der Waals surface area contributed by atoms with Crippen molar-refractivity contribution < 1.29 is 14.3 Å². The third kappa shape index (κ3) is 4.51. The molecule has 0 fully saturated rings. The zero-order valence-electron chi connectivity index (χ0n) is 11.5. The highest BCUT2D eigenvalue weighted by Gasteiger charge is 2.15. The van der Waals surface area contributed by atoms with Crippen LogP contribution in [0.4, 0.5) is 0 Å². The van der Waals surface area contributed by atoms with Gasteiger partial charge in [-0.3, -0.25) is 4.79 Å². The van der Waals surface area contributed by atoms with Gasteiger partial charge in [0.25, 0.3) is 0 Å². The number of esters is 1. The van der Waals surface area contributed by atoms with Crippen LogP contribution in [0, 0.1) is 6.92 Å². The minimum Gasteiger partial charge on any atom is -0.496 e. The Labute approximate surface area is 122 Å². The van der Waals surface area contributed by atoms with Gasteiger partial charge >= 0.3 is 5.97 Å². The molecule has 1 atom stereocenters. The Morgan fingerprint density at radius 1 is 1.47 bits per heavy atom. The predicted octanol–water partition coefficient (Wildman–Crippen LogP) is 3.11. The molecule has 2 N–H and O–H groups in total. The van der Waals surface area contributed by atoms with Crippen molar-refractivity contribution in [3.8, 4) is 5.75 Å². The number of benzene rings is 1. The Balaban J connectivity index is 2.78. The molecule has 0 radical (unpaired) electrons. The van der Waals surface area contributed by atoms with Crippen molar-refractivity contribution in [2.75, 3.05) is 13.7 Å². The molecule has 0 aromatic heterocycles. The van der Waals surface area contributed by atoms with Gasteiger partial charge in [0.05, 0.1) is 13.7 Å². The first-order valence-corrected chi connectivity index (χ1v) is 7.04. The van der Waals surface area contributed by atoms with Gasteiger partial charge in [-0.05, 0) is 38.0 Å². The van der Waals surface area contributed by atoms with Gasteiger partial charge in [0.2, 0.25) is 0 Å². The normalized spacial score (nSPS) is 12.1. The molecule has 1 aromatic rings. The van der Waals surface area contributed by atoms with Gasteiger partial charge in [0.1, 0.15) is 5.75 Å². The van der Waals surface area contributed by atoms with Crippen LogP contribution in [0.15, 0.2) is 16.6 Å². The Bertz CT molecular complexity index is 449. The molecule has 0 aliphatic heterocycles. The van der Waals surface area contributed by atoms with Crippen LogP contribution in [0.5, 0.6) is 5.75 Å². The predicted molar refractivity (Wildman–Crippen MR) is 78.2 cm³/mol. The molecule has 5 heteroatoms. The van der Waals surface area contributed by atoms with E-state index < -0.39 is 0 Å². The number of hydrogen-bond acceptors (Lipinski definition) is 4. The first-order valence-electron chi connectivity index (χ1n) is 6.24. The van der Waals surface area contributed by atoms with Crippen LogP contribution in [-0.2, 0) is 9.53 Å². The summed E-state index contributed by atoms with van der Waals surface area (Å²) >= 11 is 3.48. The minimum atomic E-state index is -0.253. The summed E-state index contributed by atoms with van der Waals surface area (Å²) in [5, 5.41) is 0. The standard InChI is InChI=1S/C14H20BrNO3/c1-4-19-14(17)6-5-12(16)10-8-11(15)9(2)7-13(10)18-3/h7-8,12H,4-6,16H2,1-3H3. The van der Waals surface area contributed by atoms with Gasteiger partial charge in [-0.2, -0.15) is 0 Å². The van der Waals surface area contributed by atoms with E-state index in [1.165, 1.54) is 0 Å². The number of halogens is 1. The molecule has 0 amide bonds. The van der Waals surface area contributed by atoms with Gasteiger partial charge in [-0.15, -0.1) is 0 Å². The Kier molecular flexibility index (Phi) is 6.31. The summed E-state index contributed by atoms with van der Waals surface area (Å²) < 4.78 is 11.2. The number of methoxy groups -OCH3 is 1. The number of rotatable bonds is 6. The van der Waals surface area contributed by atoms with E-state index in [2.05, 4.69) is 15.9 Å². The highest BCUT2D eigenvalue weighted by atomic mass is 79.9. The fourth-order valence-electron chi connectivity index (χ4n) is 1.80. The molecule has 0 spiro atoms. The van der Waals surface area contributed by atoms with Gasteiger partial charge in [0.15, 0.2) is 0 Å². The van der Waals surface area contributed by atoms with E-state index in [0.717, 1.165) is 21.3 Å². The lowest BCUT2D eigenvalue weighted by Gasteiger charge is -2.17. The van der Waals surface area contributed by atoms with Crippen LogP contribution >= 0.6 is 15.9 Å². The van der Waals surface area contributed by atoms with E-state index in [1.54, 1.807) is 14.0 Å². The summed E-state index contributed by atoms with van der Waals surface area (Å²) in [5.41, 5.74) is 8.10. The summed E-state index contributed by atoms with van der Waals surface area (Å²) in [5.74, 6) is 0.528. The van der Waals surface area contributed by atoms with E-state index in [0.29, 0.717) is 19.4 Å². The van der Waals surface area contributed by atoms with E-state index in [-0.39, 0.29) is 12.0 Å². The van der Waals surface area contributed by atoms with Crippen molar-refractivity contribution in [3.05, 3.63) is 27.7 Å². The number of aryl methyl sites for hydroxylation is 1. The van der Waals surface area contributed by atoms with Crippen LogP contribution in [0.25, 0.3) is 0 Å². The van der Waals surface area contributed by atoms with E-state index in [4.69, 9.17) is 15.2 Å². The summed E-state index contributed by atoms with van der Waals surface area (Å²) in [6.07, 6.45) is 0.842. The second-order valence-electron chi connectivity index (χ2n) is 4.29. The molecule has 0 aliphatic carbocycles. The quantitative estimate of drug-likeness (QED) is 0.814. The smallest absolute Gasteiger partial charge is 0.305 e.